The minimum absolute atomic E-state index is 0.0548. The van der Waals surface area contributed by atoms with Gasteiger partial charge in [0.05, 0.1) is 21.5 Å². The number of alkyl halides is 6. The fraction of sp³-hybridized carbons (Fsp3) is 1.00. The van der Waals surface area contributed by atoms with Gasteiger partial charge in [-0.15, -0.1) is 46.4 Å². The highest BCUT2D eigenvalue weighted by Crippen LogP contribution is 2.41. The minimum atomic E-state index is -0.297. The Hall–Kier alpha value is 2.12. The third-order valence-corrected chi connectivity index (χ3v) is 7.98. The lowest BCUT2D eigenvalue weighted by atomic mass is 9.98. The zero-order valence-electron chi connectivity index (χ0n) is 5.73. The van der Waals surface area contributed by atoms with Gasteiger partial charge in [-0.25, -0.2) is 0 Å². The Morgan fingerprint density at radius 3 is 1.08 bits per heavy atom. The van der Waals surface area contributed by atoms with Crippen LogP contribution in [-0.4, -0.2) is 31.2 Å². The summed E-state index contributed by atoms with van der Waals surface area (Å²) in [6.45, 7) is 0. The van der Waals surface area contributed by atoms with Crippen molar-refractivity contribution in [1.82, 2.24) is 0 Å². The lowest BCUT2D eigenvalue weighted by Gasteiger charge is -2.38. The van der Waals surface area contributed by atoms with Crippen molar-refractivity contribution in [3.63, 3.8) is 0 Å². The van der Waals surface area contributed by atoms with Crippen LogP contribution in [0.4, 0.5) is 0 Å². The van der Waals surface area contributed by atoms with E-state index in [4.69, 9.17) is 46.4 Å². The molecule has 0 bridgehead atoms. The highest BCUT2D eigenvalue weighted by atomic mass is 79.9. The molecule has 0 N–H and O–H groups in total. The molecular weight excluding hydrogens is 374 g/mol. The second-order valence-electron chi connectivity index (χ2n) is 2.67. The Morgan fingerprint density at radius 2 is 0.833 bits per heavy atom. The molecule has 0 spiro atoms. The summed E-state index contributed by atoms with van der Waals surface area (Å²) in [6.07, 6.45) is 0. The van der Waals surface area contributed by atoms with E-state index in [-0.39, 0.29) is 31.2 Å². The van der Waals surface area contributed by atoms with Crippen LogP contribution in [0.3, 0.4) is 0 Å². The Morgan fingerprint density at radius 1 is 0.583 bits per heavy atom. The fourth-order valence-corrected chi connectivity index (χ4v) is 4.47. The number of rotatable bonds is 0. The molecule has 0 nitrogen and oxygen atoms in total. The molecule has 0 aliphatic heterocycles. The third kappa shape index (κ3) is 2.20. The molecule has 1 saturated carbocycles. The van der Waals surface area contributed by atoms with E-state index in [9.17, 15) is 0 Å². The quantitative estimate of drug-likeness (QED) is 0.559. The van der Waals surface area contributed by atoms with E-state index in [0.717, 1.165) is 0 Å². The second-order valence-corrected chi connectivity index (χ2v) is 6.80. The maximum atomic E-state index is 6.02. The van der Waals surface area contributed by atoms with Crippen molar-refractivity contribution < 1.29 is 0 Å². The number of hydrogen-bond acceptors (Lipinski definition) is 0. The van der Waals surface area contributed by atoms with Crippen LogP contribution in [0.25, 0.3) is 0 Å². The van der Waals surface area contributed by atoms with E-state index in [0.29, 0.717) is 0 Å². The molecule has 0 heterocycles. The molecule has 0 amide bonds. The van der Waals surface area contributed by atoms with Crippen LogP contribution in [0.1, 0.15) is 0 Å². The zero-order chi connectivity index (χ0) is 9.46. The van der Waals surface area contributed by atoms with Gasteiger partial charge in [-0.05, 0) is 0 Å². The lowest BCUT2D eigenvalue weighted by molar-refractivity contribution is 0.565. The van der Waals surface area contributed by atoms with Gasteiger partial charge in [-0.3, -0.25) is 0 Å². The third-order valence-electron chi connectivity index (χ3n) is 1.83. The van der Waals surface area contributed by atoms with Crippen molar-refractivity contribution in [3.8, 4) is 0 Å². The first-order chi connectivity index (χ1) is 5.46. The van der Waals surface area contributed by atoms with Crippen LogP contribution in [0.5, 0.6) is 0 Å². The normalized spacial score (nSPS) is 55.5. The van der Waals surface area contributed by atoms with Crippen LogP contribution < -0.4 is 0 Å². The summed E-state index contributed by atoms with van der Waals surface area (Å²) in [5, 5.41) is -0.995. The van der Waals surface area contributed by atoms with Crippen LogP contribution in [0.15, 0.2) is 0 Å². The molecule has 0 unspecified atom stereocenters. The van der Waals surface area contributed by atoms with E-state index in [2.05, 4.69) is 31.9 Å². The summed E-state index contributed by atoms with van der Waals surface area (Å²) < 4.78 is 0. The molecule has 72 valence electrons. The molecule has 0 aromatic heterocycles. The molecule has 6 heteroatoms. The first kappa shape index (κ1) is 12.2. The van der Waals surface area contributed by atoms with Crippen molar-refractivity contribution in [2.45, 2.75) is 31.2 Å². The Bertz CT molecular complexity index is 109. The smallest absolute Gasteiger partial charge is 0.0689 e. The van der Waals surface area contributed by atoms with Gasteiger partial charge < -0.3 is 0 Å². The van der Waals surface area contributed by atoms with Crippen molar-refractivity contribution in [2.24, 2.45) is 0 Å². The van der Waals surface area contributed by atoms with Gasteiger partial charge in [0, 0.05) is 9.65 Å². The Balaban J connectivity index is 2.76. The van der Waals surface area contributed by atoms with E-state index in [1.807, 2.05) is 0 Å². The highest BCUT2D eigenvalue weighted by molar-refractivity contribution is 9.12. The summed E-state index contributed by atoms with van der Waals surface area (Å²) in [5.41, 5.74) is 0. The zero-order valence-corrected chi connectivity index (χ0v) is 11.9. The van der Waals surface area contributed by atoms with Crippen molar-refractivity contribution in [2.75, 3.05) is 0 Å². The molecule has 6 atom stereocenters. The van der Waals surface area contributed by atoms with E-state index < -0.39 is 0 Å². The van der Waals surface area contributed by atoms with Crippen molar-refractivity contribution in [3.05, 3.63) is 0 Å². The van der Waals surface area contributed by atoms with Gasteiger partial charge in [0.15, 0.2) is 0 Å². The van der Waals surface area contributed by atoms with Crippen molar-refractivity contribution >= 4 is 78.3 Å². The second kappa shape index (κ2) is 4.76. The molecule has 1 fully saturated rings. The monoisotopic (exact) mass is 376 g/mol. The van der Waals surface area contributed by atoms with Gasteiger partial charge in [0.25, 0.3) is 0 Å². The van der Waals surface area contributed by atoms with E-state index in [1.54, 1.807) is 0 Å². The maximum absolute atomic E-state index is 6.02. The van der Waals surface area contributed by atoms with Crippen LogP contribution >= 0.6 is 78.3 Å². The average molecular weight is 380 g/mol. The largest absolute Gasteiger partial charge is 0.120 e. The average Bonchev–Trinajstić information content (AvgIpc) is 2.08. The molecule has 0 aromatic rings. The maximum Gasteiger partial charge on any atom is 0.0689 e. The first-order valence-corrected chi connectivity index (χ1v) is 6.89. The minimum Gasteiger partial charge on any atom is -0.120 e. The summed E-state index contributed by atoms with van der Waals surface area (Å²) in [6, 6.07) is 0. The molecule has 1 aliphatic rings. The lowest BCUT2D eigenvalue weighted by Crippen LogP contribution is -2.51. The topological polar surface area (TPSA) is 0 Å². The van der Waals surface area contributed by atoms with E-state index >= 15 is 0 Å². The van der Waals surface area contributed by atoms with Gasteiger partial charge in [-0.2, -0.15) is 0 Å². The highest BCUT2D eigenvalue weighted by Gasteiger charge is 2.46. The summed E-state index contributed by atoms with van der Waals surface area (Å²) >= 11 is 30.8. The molecule has 1 aliphatic carbocycles. The first-order valence-electron chi connectivity index (χ1n) is 3.31. The summed E-state index contributed by atoms with van der Waals surface area (Å²) in [4.78, 5) is 0.110. The Labute approximate surface area is 109 Å². The summed E-state index contributed by atoms with van der Waals surface area (Å²) in [7, 11) is 0. The Kier molecular flexibility index (Phi) is 4.84. The SMILES string of the molecule is Cl[C@@H]1[C@@H](Cl)[C@H](Cl)[C@H](Br)[C@@H](Br)[C@@H]1Cl. The van der Waals surface area contributed by atoms with Crippen LogP contribution in [0, 0.1) is 0 Å². The molecule has 1 rings (SSSR count). The van der Waals surface area contributed by atoms with Crippen LogP contribution in [-0.2, 0) is 0 Å². The summed E-state index contributed by atoms with van der Waals surface area (Å²) in [5.74, 6) is 0. The van der Waals surface area contributed by atoms with Gasteiger partial charge in [0.2, 0.25) is 0 Å². The standard InChI is InChI=1S/C6H6Br2Cl4/c7-1-2(8)4(10)6(12)5(11)3(1)9/h1-6H/t1-,2-,3-,4+,5+,6+/m1/s1. The van der Waals surface area contributed by atoms with Crippen LogP contribution in [0.2, 0.25) is 0 Å². The van der Waals surface area contributed by atoms with Gasteiger partial charge in [0.1, 0.15) is 0 Å². The molecule has 0 aromatic carbocycles. The molecule has 0 radical (unpaired) electrons. The molecule has 12 heavy (non-hydrogen) atoms. The molecular formula is C6H6Br2Cl4. The number of hydrogen-bond donors (Lipinski definition) is 0. The predicted molar refractivity (Wildman–Crippen MR) is 64.0 cm³/mol. The van der Waals surface area contributed by atoms with Gasteiger partial charge in [-0.1, -0.05) is 31.9 Å². The predicted octanol–water partition coefficient (Wildman–Crippen LogP) is 3.96. The van der Waals surface area contributed by atoms with E-state index in [1.165, 1.54) is 0 Å². The van der Waals surface area contributed by atoms with Crippen molar-refractivity contribution in [1.29, 1.82) is 0 Å². The van der Waals surface area contributed by atoms with Gasteiger partial charge >= 0.3 is 0 Å². The molecule has 0 saturated heterocycles. The fourth-order valence-electron chi connectivity index (χ4n) is 1.05. The number of halogens is 6.